The Bertz CT molecular complexity index is 7830. The van der Waals surface area contributed by atoms with Crippen LogP contribution in [0, 0.1) is 18.7 Å². The zero-order valence-electron chi connectivity index (χ0n) is 73.7. The molecule has 0 unspecified atom stereocenters. The van der Waals surface area contributed by atoms with Gasteiger partial charge in [-0.25, -0.2) is 50.7 Å². The van der Waals surface area contributed by atoms with Gasteiger partial charge in [0.25, 0.3) is 51.1 Å². The highest BCUT2D eigenvalue weighted by atomic mass is 35.5. The van der Waals surface area contributed by atoms with E-state index in [-0.39, 0.29) is 79.5 Å². The normalized spacial score (nSPS) is 11.7. The lowest BCUT2D eigenvalue weighted by molar-refractivity contribution is 0.0702. The number of carbonyl (C=O) groups excluding carboxylic acids is 6. The predicted molar refractivity (Wildman–Crippen MR) is 505 cm³/mol. The van der Waals surface area contributed by atoms with Gasteiger partial charge < -0.3 is 49.4 Å². The molecule has 3 amide bonds. The number of H-pyrrole nitrogens is 5. The lowest BCUT2D eigenvalue weighted by atomic mass is 9.87. The third-order valence-electron chi connectivity index (χ3n) is 22.3. The van der Waals surface area contributed by atoms with Crippen LogP contribution in [0.1, 0.15) is 148 Å². The number of methoxy groups -OCH3 is 1. The van der Waals surface area contributed by atoms with E-state index in [9.17, 15) is 61.9 Å². The summed E-state index contributed by atoms with van der Waals surface area (Å²) in [5, 5.41) is 55.6. The summed E-state index contributed by atoms with van der Waals surface area (Å²) in [6.45, 7) is 3.99. The number of ether oxygens (including phenoxy) is 1. The summed E-state index contributed by atoms with van der Waals surface area (Å²) in [5.41, 5.74) is 8.87. The van der Waals surface area contributed by atoms with Gasteiger partial charge in [-0.2, -0.15) is 0 Å². The number of hydrogen-bond donors (Lipinski definition) is 14. The average Bonchev–Trinajstić information content (AvgIpc) is 0.969. The smallest absolute Gasteiger partial charge is 0.274 e. The fourth-order valence-corrected chi connectivity index (χ4v) is 15.3. The Balaban J connectivity index is 0.000000139. The monoisotopic (exact) mass is 1870 g/mol. The number of aliphatic hydroxyl groups excluding tert-OH is 3. The molecule has 36 nitrogen and oxygen atoms in total. The number of aromatic amines is 5. The molecule has 8 aromatic heterocycles. The third kappa shape index (κ3) is 23.7. The number of hydroxylamine groups is 3. The first kappa shape index (κ1) is 98.0. The minimum Gasteiger partial charge on any atom is -0.496 e. The number of aliphatic hydroxyl groups is 3. The Labute approximate surface area is 779 Å². The van der Waals surface area contributed by atoms with Crippen LogP contribution in [0.4, 0.5) is 4.39 Å². The van der Waals surface area contributed by atoms with E-state index in [1.54, 1.807) is 100 Å². The van der Waals surface area contributed by atoms with E-state index in [1.165, 1.54) is 143 Å². The number of rotatable bonds is 21. The summed E-state index contributed by atoms with van der Waals surface area (Å²) in [7, 11) is 1.50. The van der Waals surface area contributed by atoms with Crippen LogP contribution in [-0.4, -0.2) is 157 Å². The highest BCUT2D eigenvalue weighted by Crippen LogP contribution is 2.31. The highest BCUT2D eigenvalue weighted by molar-refractivity contribution is 6.33. The number of Topliss-reactive ketones (excluding diaryl/α,β-unsaturated/α-hetero) is 3. The number of benzene rings is 9. The Morgan fingerprint density at radius 3 is 1.43 bits per heavy atom. The van der Waals surface area contributed by atoms with Crippen LogP contribution in [0.5, 0.6) is 5.75 Å². The van der Waals surface area contributed by atoms with Crippen LogP contribution in [0.2, 0.25) is 5.02 Å². The van der Waals surface area contributed by atoms with Crippen molar-refractivity contribution in [3.8, 4) is 28.5 Å². The molecule has 14 N–H and O–H groups in total. The first-order valence-electron chi connectivity index (χ1n) is 42.5. The maximum absolute atomic E-state index is 13.7. The summed E-state index contributed by atoms with van der Waals surface area (Å²) in [6.07, 6.45) is 12.8. The molecule has 1 fully saturated rings. The molecule has 0 bridgehead atoms. The summed E-state index contributed by atoms with van der Waals surface area (Å²) < 4.78 is 26.0. The van der Waals surface area contributed by atoms with Crippen molar-refractivity contribution >= 4 is 112 Å². The second-order valence-electron chi connectivity index (χ2n) is 31.7. The summed E-state index contributed by atoms with van der Waals surface area (Å²) in [5.74, 6) is 1.22. The van der Waals surface area contributed by atoms with Crippen molar-refractivity contribution < 1.29 is 73.3 Å². The van der Waals surface area contributed by atoms with E-state index in [4.69, 9.17) is 51.7 Å². The first-order chi connectivity index (χ1) is 66.0. The quantitative estimate of drug-likeness (QED) is 0.0180. The van der Waals surface area contributed by atoms with Gasteiger partial charge in [0.15, 0.2) is 17.3 Å². The Morgan fingerprint density at radius 2 is 0.927 bits per heavy atom. The molecule has 1 aliphatic carbocycles. The van der Waals surface area contributed by atoms with Crippen molar-refractivity contribution in [3.63, 3.8) is 0 Å². The second kappa shape index (κ2) is 44.8. The number of halogens is 2. The predicted octanol–water partition coefficient (Wildman–Crippen LogP) is 11.6. The Kier molecular flexibility index (Phi) is 32.0. The van der Waals surface area contributed by atoms with E-state index in [1.807, 2.05) is 63.2 Å². The number of hydrogen-bond acceptors (Lipinski definition) is 27. The number of nitrogens with one attached hydrogen (secondary N) is 8. The molecule has 0 spiro atoms. The van der Waals surface area contributed by atoms with E-state index in [2.05, 4.69) is 59.8 Å². The van der Waals surface area contributed by atoms with Crippen LogP contribution in [0.15, 0.2) is 258 Å². The van der Waals surface area contributed by atoms with Gasteiger partial charge in [0.05, 0.1) is 95.0 Å². The molecule has 17 aromatic rings. The lowest BCUT2D eigenvalue weighted by Crippen LogP contribution is -2.37. The average molecular weight is 1880 g/mol. The van der Waals surface area contributed by atoms with E-state index in [0.717, 1.165) is 23.5 Å². The van der Waals surface area contributed by atoms with E-state index >= 15 is 0 Å². The fourth-order valence-electron chi connectivity index (χ4n) is 15.1. The molecular weight excluding hydrogens is 1790 g/mol. The molecule has 137 heavy (non-hydrogen) atoms. The minimum atomic E-state index is -0.686. The molecule has 0 aliphatic heterocycles. The third-order valence-corrected chi connectivity index (χ3v) is 22.6. The maximum Gasteiger partial charge on any atom is 0.274 e. The van der Waals surface area contributed by atoms with Gasteiger partial charge in [0.1, 0.15) is 72.0 Å². The number of aryl methyl sites for hydroxylation is 3. The maximum atomic E-state index is 13.7. The number of pyridine rings is 1. The second-order valence-corrected chi connectivity index (χ2v) is 32.1. The number of fused-ring (bicyclic) bond motifs is 6. The van der Waals surface area contributed by atoms with E-state index in [0.29, 0.717) is 146 Å². The standard InChI is InChI=1S/C18H17N3O3.C17H13FN2O3.C17H20N2O3.C16H11ClN2O3.C16H15N3O4.C15H12N4O4/c1-18(2,13-6-4-3-5-7-13)21-11-19-15-9-8-12(16(22)20-24)10-14(15)17(21)23;18-13-4-2-1-3-10(13)8-16-19-14-7-11(15(22)9-21)5-6-12(14)17(23)20-16;20-10-15(21)12-6-7-13-14(9-12)18-16(19-17(13)22)8-11-4-2-1-3-5-11;17-12-4-2-1-3-10(12)15-18-13-7-9(14(21)8-20)5-6-11(13)16(22)19-15;1-9-2-4-11(23-9)5-7-14-17-13-8-10(15(20)19-22)3-6-12(13)16(21)18-14;1-23-12-4-5-16-7-10(12)13-17-11-6-8(14(20)19-22)2-3-9(11)15(21)18-13/h3-11,24H,1-2H3,(H,20,22);1-7,21H,8-9H2,(H,19,20,23);6-7,9,11,20H,1-5,8,10H2,(H,18,19,22);1-7,20H,8H2,(H,18,19,22);2-4,6,8,22H,5,7H2,1H3,(H,19,20)(H,17,18,21);2-7,22H,1H3,(H,19,20)(H,17,18,21). The number of carbonyl (C=O) groups is 6. The van der Waals surface area contributed by atoms with Crippen molar-refractivity contribution in [1.29, 1.82) is 0 Å². The molecule has 8 heterocycles. The number of aromatic nitrogens is 13. The van der Waals surface area contributed by atoms with Crippen molar-refractivity contribution in [1.82, 2.24) is 80.8 Å². The van der Waals surface area contributed by atoms with Crippen molar-refractivity contribution in [2.24, 2.45) is 5.92 Å². The Morgan fingerprint density at radius 1 is 0.482 bits per heavy atom. The number of ketones is 3. The van der Waals surface area contributed by atoms with Crippen LogP contribution in [-0.2, 0) is 31.2 Å². The highest BCUT2D eigenvalue weighted by Gasteiger charge is 2.27. The molecule has 1 saturated carbocycles. The molecule has 38 heteroatoms. The van der Waals surface area contributed by atoms with Crippen LogP contribution >= 0.6 is 11.6 Å². The molecule has 1 aliphatic rings. The van der Waals surface area contributed by atoms with Crippen molar-refractivity contribution in [2.75, 3.05) is 26.9 Å². The number of furan rings is 1. The lowest BCUT2D eigenvalue weighted by Gasteiger charge is -2.28. The van der Waals surface area contributed by atoms with Crippen molar-refractivity contribution in [2.45, 2.75) is 84.1 Å². The van der Waals surface area contributed by atoms with Crippen molar-refractivity contribution in [3.05, 3.63) is 371 Å². The number of nitrogens with zero attached hydrogens (tertiary/aromatic N) is 8. The van der Waals surface area contributed by atoms with Gasteiger partial charge in [-0.05, 0) is 165 Å². The van der Waals surface area contributed by atoms with Gasteiger partial charge in [-0.1, -0.05) is 123 Å². The van der Waals surface area contributed by atoms with Crippen LogP contribution < -0.4 is 54.5 Å². The number of amides is 3. The minimum absolute atomic E-state index is 0.135. The summed E-state index contributed by atoms with van der Waals surface area (Å²) in [6, 6.07) is 55.2. The molecule has 18 rings (SSSR count). The fraction of sp³-hybridized carbons (Fsp3) is 0.182. The van der Waals surface area contributed by atoms with Crippen LogP contribution in [0.3, 0.4) is 0 Å². The largest absolute Gasteiger partial charge is 0.496 e. The topological polar surface area (TPSA) is 559 Å². The molecule has 9 aromatic carbocycles. The van der Waals surface area contributed by atoms with Crippen LogP contribution in [0.25, 0.3) is 88.2 Å². The van der Waals surface area contributed by atoms with Gasteiger partial charge in [-0.15, -0.1) is 0 Å². The SMILES string of the molecule is CC(C)(c1ccccc1)n1cnc2ccc(C(=O)NO)cc2c1=O.COc1ccncc1-c1nc2cc(C(=O)NO)ccc2c(=O)[nH]1.Cc1ccc(CCc2nc3cc(C(=O)NO)ccc3c(=O)[nH]2)o1.O=C(CO)c1ccc2c(=O)[nH]c(-c3ccccc3Cl)nc2c1.O=C(CO)c1ccc2c(=O)[nH]c(CC3CCCCC3)nc2c1.O=C(CO)c1ccc2c(=O)[nH]c(Cc3ccccc3F)nc2c1. The van der Waals surface area contributed by atoms with Gasteiger partial charge in [0, 0.05) is 77.0 Å². The molecular formula is C99H88ClFN16O20. The molecule has 0 radical (unpaired) electrons. The molecule has 0 saturated heterocycles. The summed E-state index contributed by atoms with van der Waals surface area (Å²) in [4.78, 5) is 187. The zero-order valence-corrected chi connectivity index (χ0v) is 74.4. The van der Waals surface area contributed by atoms with E-state index < -0.39 is 54.6 Å². The zero-order chi connectivity index (χ0) is 97.7. The summed E-state index contributed by atoms with van der Waals surface area (Å²) >= 11 is 6.12. The van der Waals surface area contributed by atoms with Gasteiger partial charge >= 0.3 is 0 Å². The molecule has 0 atom stereocenters. The van der Waals surface area contributed by atoms with Gasteiger partial charge in [-0.3, -0.25) is 82.7 Å². The Hall–Kier alpha value is -16.6. The van der Waals surface area contributed by atoms with Gasteiger partial charge in [0.2, 0.25) is 0 Å². The molecule has 698 valence electrons. The first-order valence-corrected chi connectivity index (χ1v) is 42.9.